The number of aldehydes is 1. The molecule has 0 atom stereocenters. The van der Waals surface area contributed by atoms with Crippen LogP contribution in [-0.2, 0) is 11.2 Å². The van der Waals surface area contributed by atoms with Crippen LogP contribution in [0.1, 0.15) is 45.6 Å². The van der Waals surface area contributed by atoms with Gasteiger partial charge in [-0.15, -0.1) is 19.4 Å². The fourth-order valence-electron chi connectivity index (χ4n) is 1.38. The lowest BCUT2D eigenvalue weighted by molar-refractivity contribution is -0.106. The summed E-state index contributed by atoms with van der Waals surface area (Å²) in [6.45, 7) is 9.14. The number of halogens is 1. The van der Waals surface area contributed by atoms with Crippen LogP contribution in [0.25, 0.3) is 0 Å². The zero-order valence-electron chi connectivity index (χ0n) is 14.2. The normalized spacial score (nSPS) is 7.77. The first-order valence-electron chi connectivity index (χ1n) is 7.26. The molecule has 0 aromatic carbocycles. The molecule has 22 heavy (non-hydrogen) atoms. The second-order valence-corrected chi connectivity index (χ2v) is 3.92. The van der Waals surface area contributed by atoms with Gasteiger partial charge in [-0.25, -0.2) is 4.39 Å². The van der Waals surface area contributed by atoms with E-state index in [-0.39, 0.29) is 5.82 Å². The molecule has 1 rings (SSSR count). The molecule has 0 amide bonds. The molecule has 1 N–H and O–H groups in total. The number of aromatic nitrogens is 1. The fourth-order valence-corrected chi connectivity index (χ4v) is 1.38. The largest absolute Gasteiger partial charge is 0.387 e. The molecule has 0 saturated carbocycles. The van der Waals surface area contributed by atoms with E-state index in [1.54, 1.807) is 13.2 Å². The van der Waals surface area contributed by atoms with Crippen LogP contribution in [0.2, 0.25) is 0 Å². The van der Waals surface area contributed by atoms with Crippen LogP contribution in [-0.4, -0.2) is 18.3 Å². The van der Waals surface area contributed by atoms with Gasteiger partial charge in [0.25, 0.3) is 0 Å². The molecule has 124 valence electrons. The van der Waals surface area contributed by atoms with Crippen LogP contribution in [0.4, 0.5) is 10.1 Å². The van der Waals surface area contributed by atoms with Gasteiger partial charge >= 0.3 is 0 Å². The number of pyridine rings is 1. The van der Waals surface area contributed by atoms with E-state index in [9.17, 15) is 4.39 Å². The van der Waals surface area contributed by atoms with E-state index >= 15 is 0 Å². The third-order valence-electron chi connectivity index (χ3n) is 2.39. The number of unbranched alkanes of at least 4 members (excludes halogenated alkanes) is 2. The maximum atomic E-state index is 12.9. The minimum absolute atomic E-state index is 0.237. The summed E-state index contributed by atoms with van der Waals surface area (Å²) in [6.07, 6.45) is 18.0. The Kier molecular flexibility index (Phi) is 23.9. The van der Waals surface area contributed by atoms with Crippen LogP contribution in [0.5, 0.6) is 0 Å². The van der Waals surface area contributed by atoms with E-state index in [4.69, 9.17) is 4.79 Å². The summed E-state index contributed by atoms with van der Waals surface area (Å²) in [4.78, 5) is 12.5. The summed E-state index contributed by atoms with van der Waals surface area (Å²) in [5.41, 5.74) is 1.47. The standard InChI is InChI=1S/C8H11FN2.C6H12.C2H4O.C2H2/c1-3-6-7(9)4-11-5-8(6)10-2;1-3-5-6-4-2;1-2-3;1-2/h4-5,10H,3H2,1-2H3;3H,1,4-6H2,2H3;2H,1H3;1-2H. The molecule has 0 radical (unpaired) electrons. The van der Waals surface area contributed by atoms with Crippen LogP contribution in [0.3, 0.4) is 0 Å². The summed E-state index contributed by atoms with van der Waals surface area (Å²) < 4.78 is 12.9. The van der Waals surface area contributed by atoms with E-state index < -0.39 is 0 Å². The molecule has 4 heteroatoms. The van der Waals surface area contributed by atoms with Gasteiger partial charge in [0, 0.05) is 12.6 Å². The number of rotatable bonds is 5. The molecular weight excluding hydrogens is 279 g/mol. The van der Waals surface area contributed by atoms with Crippen molar-refractivity contribution in [3.05, 3.63) is 36.4 Å². The molecule has 0 spiro atoms. The lowest BCUT2D eigenvalue weighted by atomic mass is 10.2. The third-order valence-corrected chi connectivity index (χ3v) is 2.39. The number of anilines is 1. The van der Waals surface area contributed by atoms with Gasteiger partial charge in [0.15, 0.2) is 0 Å². The molecular formula is C18H29FN2O. The minimum atomic E-state index is -0.237. The summed E-state index contributed by atoms with van der Waals surface area (Å²) in [5, 5.41) is 2.88. The van der Waals surface area contributed by atoms with Crippen LogP contribution in [0.15, 0.2) is 25.0 Å². The van der Waals surface area contributed by atoms with E-state index in [1.165, 1.54) is 32.4 Å². The highest BCUT2D eigenvalue weighted by Crippen LogP contribution is 2.16. The Bertz CT molecular complexity index is 403. The Morgan fingerprint density at radius 2 is 1.91 bits per heavy atom. The summed E-state index contributed by atoms with van der Waals surface area (Å²) in [6, 6.07) is 0. The number of hydrogen-bond donors (Lipinski definition) is 1. The first kappa shape index (κ1) is 24.8. The number of terminal acetylenes is 1. The summed E-state index contributed by atoms with van der Waals surface area (Å²) in [7, 11) is 1.76. The maximum Gasteiger partial charge on any atom is 0.146 e. The van der Waals surface area contributed by atoms with E-state index in [0.29, 0.717) is 12.0 Å². The minimum Gasteiger partial charge on any atom is -0.387 e. The van der Waals surface area contributed by atoms with Gasteiger partial charge in [-0.05, 0) is 19.8 Å². The monoisotopic (exact) mass is 308 g/mol. The highest BCUT2D eigenvalue weighted by atomic mass is 19.1. The second-order valence-electron chi connectivity index (χ2n) is 3.92. The number of allylic oxidation sites excluding steroid dienone is 1. The van der Waals surface area contributed by atoms with Gasteiger partial charge in [0.2, 0.25) is 0 Å². The number of nitrogens with one attached hydrogen (secondary N) is 1. The number of nitrogens with zero attached hydrogens (tertiary/aromatic N) is 1. The lowest BCUT2D eigenvalue weighted by Crippen LogP contribution is -1.98. The summed E-state index contributed by atoms with van der Waals surface area (Å²) >= 11 is 0. The molecule has 0 bridgehead atoms. The first-order chi connectivity index (χ1) is 10.6. The molecule has 1 aromatic heterocycles. The molecule has 3 nitrogen and oxygen atoms in total. The lowest BCUT2D eigenvalue weighted by Gasteiger charge is -2.05. The average molecular weight is 308 g/mol. The van der Waals surface area contributed by atoms with Gasteiger partial charge < -0.3 is 10.1 Å². The van der Waals surface area contributed by atoms with Gasteiger partial charge in [-0.2, -0.15) is 0 Å². The third kappa shape index (κ3) is 14.3. The smallest absolute Gasteiger partial charge is 0.146 e. The van der Waals surface area contributed by atoms with Crippen molar-refractivity contribution >= 4 is 12.0 Å². The SMILES string of the molecule is C#C.C=CCCCC.CC=O.CCc1c(F)cncc1NC. The van der Waals surface area contributed by atoms with Crippen molar-refractivity contribution in [3.8, 4) is 12.8 Å². The Hall–Kier alpha value is -2.15. The Labute approximate surface area is 135 Å². The molecule has 1 heterocycles. The van der Waals surface area contributed by atoms with Crippen molar-refractivity contribution in [2.45, 2.75) is 46.5 Å². The van der Waals surface area contributed by atoms with Crippen molar-refractivity contribution in [1.82, 2.24) is 4.98 Å². The first-order valence-corrected chi connectivity index (χ1v) is 7.26. The van der Waals surface area contributed by atoms with Crippen molar-refractivity contribution in [1.29, 1.82) is 0 Å². The van der Waals surface area contributed by atoms with Gasteiger partial charge in [0.05, 0.1) is 18.1 Å². The maximum absolute atomic E-state index is 12.9. The molecule has 0 aliphatic rings. The van der Waals surface area contributed by atoms with Crippen molar-refractivity contribution in [2.24, 2.45) is 0 Å². The van der Waals surface area contributed by atoms with Crippen LogP contribution in [0, 0.1) is 18.7 Å². The molecule has 0 unspecified atom stereocenters. The molecule has 0 saturated heterocycles. The predicted molar refractivity (Wildman–Crippen MR) is 94.5 cm³/mol. The van der Waals surface area contributed by atoms with E-state index in [1.807, 2.05) is 13.0 Å². The number of carbonyl (C=O) groups is 1. The van der Waals surface area contributed by atoms with E-state index in [0.717, 1.165) is 12.0 Å². The van der Waals surface area contributed by atoms with Crippen LogP contribution >= 0.6 is 0 Å². The highest BCUT2D eigenvalue weighted by molar-refractivity contribution is 5.48. The quantitative estimate of drug-likeness (QED) is 0.373. The zero-order chi connectivity index (χ0) is 17.8. The molecule has 1 aromatic rings. The Balaban J connectivity index is -0.000000279. The van der Waals surface area contributed by atoms with Gasteiger partial charge in [0.1, 0.15) is 12.1 Å². The highest BCUT2D eigenvalue weighted by Gasteiger charge is 2.04. The molecule has 0 fully saturated rings. The Morgan fingerprint density at radius 1 is 1.36 bits per heavy atom. The topological polar surface area (TPSA) is 42.0 Å². The Morgan fingerprint density at radius 3 is 2.18 bits per heavy atom. The van der Waals surface area contributed by atoms with Gasteiger partial charge in [-0.1, -0.05) is 32.8 Å². The molecule has 0 aliphatic carbocycles. The predicted octanol–water partition coefficient (Wildman–Crippen LogP) is 4.64. The second kappa shape index (κ2) is 21.2. The van der Waals surface area contributed by atoms with Gasteiger partial charge in [-0.3, -0.25) is 4.98 Å². The van der Waals surface area contributed by atoms with Crippen LogP contribution < -0.4 is 5.32 Å². The van der Waals surface area contributed by atoms with Crippen molar-refractivity contribution < 1.29 is 9.18 Å². The molecule has 0 aliphatic heterocycles. The fraction of sp³-hybridized carbons (Fsp3) is 0.444. The number of carbonyl (C=O) groups excluding carboxylic acids is 1. The summed E-state index contributed by atoms with van der Waals surface area (Å²) in [5.74, 6) is -0.237. The number of hydrogen-bond acceptors (Lipinski definition) is 3. The van der Waals surface area contributed by atoms with Crippen molar-refractivity contribution in [2.75, 3.05) is 12.4 Å². The zero-order valence-corrected chi connectivity index (χ0v) is 14.2. The van der Waals surface area contributed by atoms with E-state index in [2.05, 4.69) is 36.7 Å². The van der Waals surface area contributed by atoms with Crippen molar-refractivity contribution in [3.63, 3.8) is 0 Å². The average Bonchev–Trinajstić information content (AvgIpc) is 2.55.